The third kappa shape index (κ3) is 3.35. The molecule has 2 amide bonds. The lowest BCUT2D eigenvalue weighted by molar-refractivity contribution is -0.132. The van der Waals surface area contributed by atoms with Crippen LogP contribution in [0.2, 0.25) is 0 Å². The van der Waals surface area contributed by atoms with E-state index in [4.69, 9.17) is 10.4 Å². The summed E-state index contributed by atoms with van der Waals surface area (Å²) in [5, 5.41) is 20.0. The Labute approximate surface area is 111 Å². The molecule has 2 rings (SSSR count). The topological polar surface area (TPSA) is 96.7 Å². The van der Waals surface area contributed by atoms with Crippen LogP contribution in [-0.2, 0) is 4.79 Å². The van der Waals surface area contributed by atoms with Crippen molar-refractivity contribution in [2.24, 2.45) is 0 Å². The fourth-order valence-electron chi connectivity index (χ4n) is 2.75. The first-order valence-corrected chi connectivity index (χ1v) is 6.51. The minimum Gasteiger partial charge on any atom is -0.465 e. The van der Waals surface area contributed by atoms with Crippen molar-refractivity contribution < 1.29 is 14.7 Å². The zero-order valence-corrected chi connectivity index (χ0v) is 10.7. The molecule has 2 N–H and O–H groups in total. The highest BCUT2D eigenvalue weighted by molar-refractivity contribution is 5.79. The molecule has 0 radical (unpaired) electrons. The van der Waals surface area contributed by atoms with Crippen molar-refractivity contribution in [1.29, 1.82) is 5.26 Å². The zero-order chi connectivity index (χ0) is 13.8. The largest absolute Gasteiger partial charge is 0.465 e. The highest BCUT2D eigenvalue weighted by atomic mass is 16.4. The molecular weight excluding hydrogens is 248 g/mol. The summed E-state index contributed by atoms with van der Waals surface area (Å²) in [5.74, 6) is -0.0278. The first-order valence-electron chi connectivity index (χ1n) is 6.51. The molecule has 0 aliphatic carbocycles. The number of hydrogen-bond donors (Lipinski definition) is 2. The van der Waals surface area contributed by atoms with Gasteiger partial charge in [0.2, 0.25) is 5.91 Å². The zero-order valence-electron chi connectivity index (χ0n) is 10.7. The highest BCUT2D eigenvalue weighted by Crippen LogP contribution is 2.17. The van der Waals surface area contributed by atoms with Gasteiger partial charge in [-0.1, -0.05) is 0 Å². The van der Waals surface area contributed by atoms with Crippen LogP contribution in [0.25, 0.3) is 0 Å². The second-order valence-corrected chi connectivity index (χ2v) is 5.04. The molecule has 7 heteroatoms. The fourth-order valence-corrected chi connectivity index (χ4v) is 2.75. The number of amides is 2. The number of nitrogens with zero attached hydrogens (tertiary/aromatic N) is 3. The van der Waals surface area contributed by atoms with Crippen molar-refractivity contribution in [3.05, 3.63) is 0 Å². The molecule has 0 unspecified atom stereocenters. The summed E-state index contributed by atoms with van der Waals surface area (Å²) in [6.07, 6.45) is 1.34. The van der Waals surface area contributed by atoms with Gasteiger partial charge in [0, 0.05) is 25.7 Å². The molecule has 2 aliphatic heterocycles. The number of likely N-dealkylation sites (tertiary alicyclic amines) is 2. The molecule has 2 atom stereocenters. The minimum absolute atomic E-state index is 0.0278. The van der Waals surface area contributed by atoms with Crippen molar-refractivity contribution in [1.82, 2.24) is 15.1 Å². The number of nitrogens with one attached hydrogen (secondary N) is 1. The van der Waals surface area contributed by atoms with Crippen LogP contribution in [0.5, 0.6) is 0 Å². The van der Waals surface area contributed by atoms with E-state index in [1.54, 1.807) is 4.90 Å². The van der Waals surface area contributed by atoms with Gasteiger partial charge < -0.3 is 15.3 Å². The average molecular weight is 266 g/mol. The molecule has 0 spiro atoms. The molecule has 2 aliphatic rings. The first-order chi connectivity index (χ1) is 9.10. The quantitative estimate of drug-likeness (QED) is 0.740. The minimum atomic E-state index is -1.03. The van der Waals surface area contributed by atoms with Crippen LogP contribution in [0, 0.1) is 11.3 Å². The Morgan fingerprint density at radius 1 is 1.37 bits per heavy atom. The van der Waals surface area contributed by atoms with E-state index in [0.717, 1.165) is 19.3 Å². The van der Waals surface area contributed by atoms with Gasteiger partial charge in [-0.15, -0.1) is 0 Å². The fraction of sp³-hybridized carbons (Fsp3) is 0.750. The number of carboxylic acid groups (broad SMARTS) is 1. The predicted molar refractivity (Wildman–Crippen MR) is 66.4 cm³/mol. The van der Waals surface area contributed by atoms with Crippen molar-refractivity contribution in [3.8, 4) is 6.07 Å². The van der Waals surface area contributed by atoms with Gasteiger partial charge in [-0.3, -0.25) is 9.69 Å². The Hall–Kier alpha value is -1.81. The van der Waals surface area contributed by atoms with Gasteiger partial charge in [-0.05, 0) is 19.3 Å². The van der Waals surface area contributed by atoms with Crippen molar-refractivity contribution >= 4 is 12.0 Å². The third-order valence-electron chi connectivity index (χ3n) is 3.68. The van der Waals surface area contributed by atoms with E-state index in [-0.39, 0.29) is 24.5 Å². The maximum absolute atomic E-state index is 12.1. The molecule has 19 heavy (non-hydrogen) atoms. The Morgan fingerprint density at radius 2 is 2.16 bits per heavy atom. The summed E-state index contributed by atoms with van der Waals surface area (Å²) in [6, 6.07) is 1.76. The smallest absolute Gasteiger partial charge is 0.404 e. The van der Waals surface area contributed by atoms with Gasteiger partial charge in [0.15, 0.2) is 0 Å². The maximum atomic E-state index is 12.1. The number of rotatable bonds is 3. The maximum Gasteiger partial charge on any atom is 0.404 e. The second kappa shape index (κ2) is 5.89. The van der Waals surface area contributed by atoms with Gasteiger partial charge in [0.25, 0.3) is 0 Å². The lowest BCUT2D eigenvalue weighted by Gasteiger charge is -2.23. The molecule has 104 valence electrons. The molecule has 2 heterocycles. The van der Waals surface area contributed by atoms with E-state index in [9.17, 15) is 9.59 Å². The van der Waals surface area contributed by atoms with Crippen LogP contribution >= 0.6 is 0 Å². The highest BCUT2D eigenvalue weighted by Gasteiger charge is 2.31. The molecule has 0 aromatic heterocycles. The lowest BCUT2D eigenvalue weighted by atomic mass is 10.2. The van der Waals surface area contributed by atoms with Crippen molar-refractivity contribution in [2.75, 3.05) is 26.2 Å². The molecule has 2 fully saturated rings. The summed E-state index contributed by atoms with van der Waals surface area (Å²) in [5.41, 5.74) is 0. The molecular formula is C12H18N4O3. The van der Waals surface area contributed by atoms with Crippen molar-refractivity contribution in [3.63, 3.8) is 0 Å². The number of hydrogen-bond acceptors (Lipinski definition) is 4. The average Bonchev–Trinajstić information content (AvgIpc) is 2.96. The summed E-state index contributed by atoms with van der Waals surface area (Å²) < 4.78 is 0. The molecule has 0 saturated carbocycles. The normalized spacial score (nSPS) is 27.2. The Bertz CT molecular complexity index is 406. The summed E-state index contributed by atoms with van der Waals surface area (Å²) >= 11 is 0. The van der Waals surface area contributed by atoms with Crippen LogP contribution in [0.1, 0.15) is 19.3 Å². The summed E-state index contributed by atoms with van der Waals surface area (Å²) in [6.45, 7) is 2.20. The van der Waals surface area contributed by atoms with Crippen LogP contribution < -0.4 is 5.32 Å². The first kappa shape index (κ1) is 13.6. The third-order valence-corrected chi connectivity index (χ3v) is 3.68. The summed E-state index contributed by atoms with van der Waals surface area (Å²) in [4.78, 5) is 26.2. The van der Waals surface area contributed by atoms with Gasteiger partial charge >= 0.3 is 6.09 Å². The monoisotopic (exact) mass is 266 g/mol. The molecule has 2 saturated heterocycles. The number of nitriles is 1. The Kier molecular flexibility index (Phi) is 4.22. The van der Waals surface area contributed by atoms with Crippen LogP contribution in [-0.4, -0.2) is 65.2 Å². The molecule has 0 aromatic carbocycles. The second-order valence-electron chi connectivity index (χ2n) is 5.04. The van der Waals surface area contributed by atoms with E-state index < -0.39 is 6.09 Å². The number of carbonyl (C=O) groups excluding carboxylic acids is 1. The van der Waals surface area contributed by atoms with Gasteiger partial charge in [-0.25, -0.2) is 4.79 Å². The van der Waals surface area contributed by atoms with Gasteiger partial charge in [-0.2, -0.15) is 5.26 Å². The van der Waals surface area contributed by atoms with Crippen LogP contribution in [0.15, 0.2) is 0 Å². The van der Waals surface area contributed by atoms with Crippen molar-refractivity contribution in [2.45, 2.75) is 31.3 Å². The van der Waals surface area contributed by atoms with Gasteiger partial charge in [0.05, 0.1) is 12.6 Å². The van der Waals surface area contributed by atoms with Crippen LogP contribution in [0.4, 0.5) is 4.79 Å². The SMILES string of the molecule is N#C[C@@H]1CCCN1C(=O)CN1CC[C@H](NC(=O)O)C1. The predicted octanol–water partition coefficient (Wildman–Crippen LogP) is -0.157. The number of carbonyl (C=O) groups is 2. The van der Waals surface area contributed by atoms with E-state index >= 15 is 0 Å². The van der Waals surface area contributed by atoms with E-state index in [0.29, 0.717) is 19.6 Å². The Balaban J connectivity index is 1.81. The van der Waals surface area contributed by atoms with Gasteiger partial charge in [0.1, 0.15) is 6.04 Å². The molecule has 0 aromatic rings. The van der Waals surface area contributed by atoms with E-state index in [2.05, 4.69) is 11.4 Å². The molecule has 7 nitrogen and oxygen atoms in total. The Morgan fingerprint density at radius 3 is 2.84 bits per heavy atom. The lowest BCUT2D eigenvalue weighted by Crippen LogP contribution is -2.43. The molecule has 0 bridgehead atoms. The standard InChI is InChI=1S/C12H18N4O3/c13-6-10-2-1-4-16(10)11(17)8-15-5-3-9(7-15)14-12(18)19/h9-10,14H,1-5,7-8H2,(H,18,19)/t9-,10-/m0/s1. The van der Waals surface area contributed by atoms with Crippen LogP contribution in [0.3, 0.4) is 0 Å². The van der Waals surface area contributed by atoms with E-state index in [1.165, 1.54) is 0 Å². The summed E-state index contributed by atoms with van der Waals surface area (Å²) in [7, 11) is 0. The van der Waals surface area contributed by atoms with E-state index in [1.807, 2.05) is 4.90 Å².